The largest absolute Gasteiger partial charge is 0.397 e. The lowest BCUT2D eigenvalue weighted by Gasteiger charge is -2.09. The summed E-state index contributed by atoms with van der Waals surface area (Å²) in [5, 5.41) is 0. The van der Waals surface area contributed by atoms with Crippen LogP contribution in [0.1, 0.15) is 6.92 Å². The lowest BCUT2D eigenvalue weighted by Crippen LogP contribution is -2.30. The minimum atomic E-state index is -3.49. The Labute approximate surface area is 83.5 Å². The van der Waals surface area contributed by atoms with Crippen molar-refractivity contribution >= 4 is 21.6 Å². The fourth-order valence-corrected chi connectivity index (χ4v) is 1.89. The second-order valence-corrected chi connectivity index (χ2v) is 4.19. The Morgan fingerprint density at radius 3 is 2.57 bits per heavy atom. The molecule has 0 fully saturated rings. The van der Waals surface area contributed by atoms with E-state index in [0.717, 1.165) is 0 Å². The van der Waals surface area contributed by atoms with E-state index in [1.165, 1.54) is 0 Å². The van der Waals surface area contributed by atoms with E-state index >= 15 is 0 Å². The standard InChI is InChI=1S/C8H13N3O2S/c1-2-10-14(12,13)11-8-6-4-3-5-7(8)9/h3-6,10-11H,2,9H2,1H3. The van der Waals surface area contributed by atoms with Gasteiger partial charge in [-0.2, -0.15) is 13.1 Å². The molecule has 1 aromatic carbocycles. The molecular weight excluding hydrogens is 202 g/mol. The second kappa shape index (κ2) is 4.30. The van der Waals surface area contributed by atoms with Gasteiger partial charge >= 0.3 is 0 Å². The molecule has 5 nitrogen and oxygen atoms in total. The average Bonchev–Trinajstić information content (AvgIpc) is 2.08. The van der Waals surface area contributed by atoms with Crippen LogP contribution in [0.15, 0.2) is 24.3 Å². The molecule has 0 heterocycles. The first-order chi connectivity index (χ1) is 6.55. The van der Waals surface area contributed by atoms with E-state index < -0.39 is 10.2 Å². The van der Waals surface area contributed by atoms with Crippen molar-refractivity contribution in [2.75, 3.05) is 17.0 Å². The van der Waals surface area contributed by atoms with Crippen molar-refractivity contribution in [3.05, 3.63) is 24.3 Å². The van der Waals surface area contributed by atoms with Crippen molar-refractivity contribution in [1.29, 1.82) is 0 Å². The van der Waals surface area contributed by atoms with Gasteiger partial charge in [0.25, 0.3) is 10.2 Å². The third-order valence-electron chi connectivity index (χ3n) is 1.54. The van der Waals surface area contributed by atoms with Crippen molar-refractivity contribution in [1.82, 2.24) is 4.72 Å². The normalized spacial score (nSPS) is 11.2. The Hall–Kier alpha value is -1.27. The molecule has 0 atom stereocenters. The van der Waals surface area contributed by atoms with Crippen LogP contribution >= 0.6 is 0 Å². The fourth-order valence-electron chi connectivity index (χ4n) is 0.961. The van der Waals surface area contributed by atoms with E-state index in [-0.39, 0.29) is 0 Å². The van der Waals surface area contributed by atoms with Gasteiger partial charge in [-0.3, -0.25) is 4.72 Å². The third kappa shape index (κ3) is 2.90. The van der Waals surface area contributed by atoms with Gasteiger partial charge in [0.05, 0.1) is 11.4 Å². The highest BCUT2D eigenvalue weighted by Crippen LogP contribution is 2.17. The Balaban J connectivity index is 2.84. The van der Waals surface area contributed by atoms with Gasteiger partial charge < -0.3 is 5.73 Å². The molecule has 0 unspecified atom stereocenters. The summed E-state index contributed by atoms with van der Waals surface area (Å²) in [6, 6.07) is 6.68. The molecule has 0 aliphatic carbocycles. The van der Waals surface area contributed by atoms with E-state index in [0.29, 0.717) is 17.9 Å². The molecule has 1 rings (SSSR count). The zero-order chi connectivity index (χ0) is 10.6. The van der Waals surface area contributed by atoms with Gasteiger partial charge in [-0.25, -0.2) is 0 Å². The molecule has 0 saturated carbocycles. The highest BCUT2D eigenvalue weighted by molar-refractivity contribution is 7.90. The summed E-state index contributed by atoms with van der Waals surface area (Å²) in [7, 11) is -3.49. The number of nitrogen functional groups attached to an aromatic ring is 1. The Bertz CT molecular complexity index is 403. The number of nitrogens with one attached hydrogen (secondary N) is 2. The molecule has 0 bridgehead atoms. The highest BCUT2D eigenvalue weighted by atomic mass is 32.2. The molecular formula is C8H13N3O2S. The van der Waals surface area contributed by atoms with E-state index in [1.807, 2.05) is 0 Å². The van der Waals surface area contributed by atoms with Crippen LogP contribution in [0.5, 0.6) is 0 Å². The minimum absolute atomic E-state index is 0.335. The van der Waals surface area contributed by atoms with E-state index in [2.05, 4.69) is 9.44 Å². The van der Waals surface area contributed by atoms with Gasteiger partial charge in [-0.1, -0.05) is 19.1 Å². The molecule has 0 amide bonds. The monoisotopic (exact) mass is 215 g/mol. The van der Waals surface area contributed by atoms with Gasteiger partial charge in [-0.15, -0.1) is 0 Å². The van der Waals surface area contributed by atoms with Crippen molar-refractivity contribution in [3.8, 4) is 0 Å². The molecule has 78 valence electrons. The van der Waals surface area contributed by atoms with Gasteiger partial charge in [-0.05, 0) is 12.1 Å². The predicted molar refractivity (Wildman–Crippen MR) is 57.1 cm³/mol. The maximum absolute atomic E-state index is 11.3. The maximum Gasteiger partial charge on any atom is 0.299 e. The van der Waals surface area contributed by atoms with Gasteiger partial charge in [0.1, 0.15) is 0 Å². The SMILES string of the molecule is CCNS(=O)(=O)Nc1ccccc1N. The van der Waals surface area contributed by atoms with Crippen LogP contribution in [0, 0.1) is 0 Å². The Kier molecular flexibility index (Phi) is 3.32. The lowest BCUT2D eigenvalue weighted by atomic mass is 10.3. The lowest BCUT2D eigenvalue weighted by molar-refractivity contribution is 0.589. The summed E-state index contributed by atoms with van der Waals surface area (Å²) in [5.41, 5.74) is 6.35. The van der Waals surface area contributed by atoms with Gasteiger partial charge in [0.2, 0.25) is 0 Å². The molecule has 14 heavy (non-hydrogen) atoms. The molecule has 6 heteroatoms. The third-order valence-corrected chi connectivity index (χ3v) is 2.70. The number of anilines is 2. The smallest absolute Gasteiger partial charge is 0.299 e. The number of hydrogen-bond donors (Lipinski definition) is 3. The summed E-state index contributed by atoms with van der Waals surface area (Å²) >= 11 is 0. The van der Waals surface area contributed by atoms with Crippen molar-refractivity contribution in [3.63, 3.8) is 0 Å². The fraction of sp³-hybridized carbons (Fsp3) is 0.250. The second-order valence-electron chi connectivity index (χ2n) is 2.69. The highest BCUT2D eigenvalue weighted by Gasteiger charge is 2.08. The molecule has 0 aliphatic heterocycles. The number of hydrogen-bond acceptors (Lipinski definition) is 3. The predicted octanol–water partition coefficient (Wildman–Crippen LogP) is 0.535. The number of para-hydroxylation sites is 2. The van der Waals surface area contributed by atoms with Crippen molar-refractivity contribution < 1.29 is 8.42 Å². The molecule has 0 spiro atoms. The molecule has 0 saturated heterocycles. The molecule has 0 aromatic heterocycles. The van der Waals surface area contributed by atoms with Gasteiger partial charge in [0.15, 0.2) is 0 Å². The van der Waals surface area contributed by atoms with Crippen LogP contribution < -0.4 is 15.2 Å². The van der Waals surface area contributed by atoms with Crippen LogP contribution in [0.3, 0.4) is 0 Å². The number of nitrogens with two attached hydrogens (primary N) is 1. The quantitative estimate of drug-likeness (QED) is 0.641. The zero-order valence-corrected chi connectivity index (χ0v) is 8.64. The zero-order valence-electron chi connectivity index (χ0n) is 7.82. The molecule has 1 aromatic rings. The van der Waals surface area contributed by atoms with Crippen LogP contribution in [-0.2, 0) is 10.2 Å². The maximum atomic E-state index is 11.3. The van der Waals surface area contributed by atoms with Crippen LogP contribution in [0.25, 0.3) is 0 Å². The number of rotatable bonds is 4. The van der Waals surface area contributed by atoms with E-state index in [9.17, 15) is 8.42 Å². The summed E-state index contributed by atoms with van der Waals surface area (Å²) in [5.74, 6) is 0. The van der Waals surface area contributed by atoms with Crippen LogP contribution in [0.2, 0.25) is 0 Å². The minimum Gasteiger partial charge on any atom is -0.397 e. The molecule has 0 aliphatic rings. The Morgan fingerprint density at radius 1 is 1.36 bits per heavy atom. The summed E-state index contributed by atoms with van der Waals surface area (Å²) < 4.78 is 27.2. The first kappa shape index (κ1) is 10.8. The Morgan fingerprint density at radius 2 is 2.00 bits per heavy atom. The van der Waals surface area contributed by atoms with Crippen molar-refractivity contribution in [2.45, 2.75) is 6.92 Å². The molecule has 0 radical (unpaired) electrons. The summed E-state index contributed by atoms with van der Waals surface area (Å²) in [6.45, 7) is 2.04. The van der Waals surface area contributed by atoms with Crippen LogP contribution in [-0.4, -0.2) is 15.0 Å². The van der Waals surface area contributed by atoms with Crippen LogP contribution in [0.4, 0.5) is 11.4 Å². The van der Waals surface area contributed by atoms with E-state index in [4.69, 9.17) is 5.73 Å². The topological polar surface area (TPSA) is 84.2 Å². The summed E-state index contributed by atoms with van der Waals surface area (Å²) in [6.07, 6.45) is 0. The summed E-state index contributed by atoms with van der Waals surface area (Å²) in [4.78, 5) is 0. The first-order valence-electron chi connectivity index (χ1n) is 4.17. The first-order valence-corrected chi connectivity index (χ1v) is 5.65. The van der Waals surface area contributed by atoms with E-state index in [1.54, 1.807) is 31.2 Å². The average molecular weight is 215 g/mol. The van der Waals surface area contributed by atoms with Crippen molar-refractivity contribution in [2.24, 2.45) is 0 Å². The molecule has 4 N–H and O–H groups in total. The number of benzene rings is 1. The van der Waals surface area contributed by atoms with Gasteiger partial charge in [0, 0.05) is 6.54 Å².